The van der Waals surface area contributed by atoms with Crippen LogP contribution in [0.2, 0.25) is 0 Å². The summed E-state index contributed by atoms with van der Waals surface area (Å²) in [7, 11) is 0. The number of likely N-dealkylation sites (tertiary alicyclic amines) is 1. The van der Waals surface area contributed by atoms with Gasteiger partial charge in [-0.05, 0) is 37.5 Å². The molecule has 0 radical (unpaired) electrons. The third-order valence-electron chi connectivity index (χ3n) is 4.90. The van der Waals surface area contributed by atoms with Crippen molar-refractivity contribution in [2.75, 3.05) is 37.6 Å². The number of amides is 2. The summed E-state index contributed by atoms with van der Waals surface area (Å²) in [6.45, 7) is 7.53. The van der Waals surface area contributed by atoms with Crippen LogP contribution in [0.1, 0.15) is 25.3 Å². The number of benzene rings is 1. The Morgan fingerprint density at radius 3 is 2.48 bits per heavy atom. The molecule has 124 valence electrons. The highest BCUT2D eigenvalue weighted by atomic mass is 16.2. The summed E-state index contributed by atoms with van der Waals surface area (Å²) in [5.74, 6) is 0.140. The molecule has 1 aromatic rings. The van der Waals surface area contributed by atoms with Gasteiger partial charge in [0.2, 0.25) is 11.8 Å². The molecule has 0 unspecified atom stereocenters. The average Bonchev–Trinajstić information content (AvgIpc) is 3.04. The Labute approximate surface area is 137 Å². The number of piperazine rings is 1. The third kappa shape index (κ3) is 3.33. The summed E-state index contributed by atoms with van der Waals surface area (Å²) >= 11 is 0. The predicted molar refractivity (Wildman–Crippen MR) is 90.4 cm³/mol. The molecule has 2 saturated heterocycles. The van der Waals surface area contributed by atoms with Gasteiger partial charge in [-0.1, -0.05) is 12.1 Å². The van der Waals surface area contributed by atoms with Crippen molar-refractivity contribution >= 4 is 17.5 Å². The number of nitrogens with zero attached hydrogens (tertiary/aromatic N) is 3. The van der Waals surface area contributed by atoms with Crippen LogP contribution in [0.3, 0.4) is 0 Å². The van der Waals surface area contributed by atoms with Gasteiger partial charge in [0.1, 0.15) is 6.04 Å². The zero-order chi connectivity index (χ0) is 16.4. The highest BCUT2D eigenvalue weighted by Gasteiger charge is 2.36. The summed E-state index contributed by atoms with van der Waals surface area (Å²) in [6.07, 6.45) is 1.73. The second-order valence-electron chi connectivity index (χ2n) is 6.52. The lowest BCUT2D eigenvalue weighted by Crippen LogP contribution is -2.54. The molecule has 5 nitrogen and oxygen atoms in total. The summed E-state index contributed by atoms with van der Waals surface area (Å²) in [6, 6.07) is 8.24. The van der Waals surface area contributed by atoms with Gasteiger partial charge in [0.15, 0.2) is 0 Å². The molecular formula is C18H25N3O2. The Bertz CT molecular complexity index is 594. The molecule has 3 rings (SSSR count). The fourth-order valence-corrected chi connectivity index (χ4v) is 3.62. The van der Waals surface area contributed by atoms with E-state index in [2.05, 4.69) is 36.1 Å². The molecule has 2 amide bonds. The number of rotatable bonds is 2. The summed E-state index contributed by atoms with van der Waals surface area (Å²) < 4.78 is 0. The summed E-state index contributed by atoms with van der Waals surface area (Å²) in [5, 5.41) is 0. The van der Waals surface area contributed by atoms with E-state index in [9.17, 15) is 9.59 Å². The Hall–Kier alpha value is -2.04. The molecule has 0 saturated carbocycles. The molecule has 0 bridgehead atoms. The van der Waals surface area contributed by atoms with Crippen LogP contribution in [0, 0.1) is 6.92 Å². The molecule has 0 N–H and O–H groups in total. The highest BCUT2D eigenvalue weighted by Crippen LogP contribution is 2.22. The van der Waals surface area contributed by atoms with Crippen molar-refractivity contribution in [3.8, 4) is 0 Å². The second-order valence-corrected chi connectivity index (χ2v) is 6.52. The molecule has 2 aliphatic heterocycles. The molecule has 0 aromatic heterocycles. The van der Waals surface area contributed by atoms with Crippen LogP contribution in [0.5, 0.6) is 0 Å². The molecule has 5 heteroatoms. The smallest absolute Gasteiger partial charge is 0.245 e. The minimum absolute atomic E-state index is 0.0132. The van der Waals surface area contributed by atoms with Crippen molar-refractivity contribution in [1.29, 1.82) is 0 Å². The molecule has 2 aliphatic rings. The first kappa shape index (κ1) is 15.8. The molecule has 1 aromatic carbocycles. The van der Waals surface area contributed by atoms with Gasteiger partial charge in [0, 0.05) is 45.3 Å². The van der Waals surface area contributed by atoms with E-state index in [-0.39, 0.29) is 17.9 Å². The maximum Gasteiger partial charge on any atom is 0.245 e. The van der Waals surface area contributed by atoms with Crippen LogP contribution < -0.4 is 4.90 Å². The van der Waals surface area contributed by atoms with E-state index in [0.29, 0.717) is 0 Å². The van der Waals surface area contributed by atoms with Crippen molar-refractivity contribution in [2.45, 2.75) is 32.7 Å². The van der Waals surface area contributed by atoms with Crippen LogP contribution in [-0.4, -0.2) is 60.4 Å². The van der Waals surface area contributed by atoms with E-state index >= 15 is 0 Å². The number of hydrogen-bond donors (Lipinski definition) is 0. The average molecular weight is 315 g/mol. The van der Waals surface area contributed by atoms with E-state index in [4.69, 9.17) is 0 Å². The van der Waals surface area contributed by atoms with Gasteiger partial charge < -0.3 is 14.7 Å². The van der Waals surface area contributed by atoms with Gasteiger partial charge in [-0.15, -0.1) is 0 Å². The summed E-state index contributed by atoms with van der Waals surface area (Å²) in [5.41, 5.74) is 2.48. The van der Waals surface area contributed by atoms with Crippen LogP contribution in [0.4, 0.5) is 5.69 Å². The Balaban J connectivity index is 1.60. The van der Waals surface area contributed by atoms with Crippen molar-refractivity contribution in [3.05, 3.63) is 29.8 Å². The van der Waals surface area contributed by atoms with Gasteiger partial charge in [-0.3, -0.25) is 9.59 Å². The van der Waals surface area contributed by atoms with Crippen molar-refractivity contribution in [1.82, 2.24) is 9.80 Å². The SMILES string of the molecule is CC(=O)N1CCC[C@@H]1C(=O)N1CCN(c2cccc(C)c2)CC1. The predicted octanol–water partition coefficient (Wildman–Crippen LogP) is 1.65. The minimum Gasteiger partial charge on any atom is -0.368 e. The Morgan fingerprint density at radius 2 is 1.83 bits per heavy atom. The van der Waals surface area contributed by atoms with E-state index in [1.54, 1.807) is 11.8 Å². The summed E-state index contributed by atoms with van der Waals surface area (Å²) in [4.78, 5) is 30.4. The third-order valence-corrected chi connectivity index (χ3v) is 4.90. The van der Waals surface area contributed by atoms with Crippen molar-refractivity contribution < 1.29 is 9.59 Å². The molecule has 0 spiro atoms. The molecular weight excluding hydrogens is 290 g/mol. The zero-order valence-corrected chi connectivity index (χ0v) is 14.0. The van der Waals surface area contributed by atoms with Crippen LogP contribution in [0.25, 0.3) is 0 Å². The molecule has 2 fully saturated rings. The van der Waals surface area contributed by atoms with Gasteiger partial charge in [-0.2, -0.15) is 0 Å². The minimum atomic E-state index is -0.238. The van der Waals surface area contributed by atoms with Gasteiger partial charge in [-0.25, -0.2) is 0 Å². The fraction of sp³-hybridized carbons (Fsp3) is 0.556. The maximum absolute atomic E-state index is 12.7. The lowest BCUT2D eigenvalue weighted by molar-refractivity contribution is -0.143. The second kappa shape index (κ2) is 6.60. The number of aryl methyl sites for hydroxylation is 1. The molecule has 2 heterocycles. The van der Waals surface area contributed by atoms with E-state index < -0.39 is 0 Å². The first-order chi connectivity index (χ1) is 11.1. The number of carbonyl (C=O) groups is 2. The Kier molecular flexibility index (Phi) is 4.55. The number of anilines is 1. The molecule has 23 heavy (non-hydrogen) atoms. The Morgan fingerprint density at radius 1 is 1.09 bits per heavy atom. The topological polar surface area (TPSA) is 43.9 Å². The zero-order valence-electron chi connectivity index (χ0n) is 14.0. The lowest BCUT2D eigenvalue weighted by atomic mass is 10.1. The highest BCUT2D eigenvalue weighted by molar-refractivity contribution is 5.87. The molecule has 0 aliphatic carbocycles. The first-order valence-electron chi connectivity index (χ1n) is 8.44. The van der Waals surface area contributed by atoms with E-state index in [0.717, 1.165) is 45.6 Å². The van der Waals surface area contributed by atoms with E-state index in [1.807, 2.05) is 4.90 Å². The van der Waals surface area contributed by atoms with Gasteiger partial charge >= 0.3 is 0 Å². The van der Waals surface area contributed by atoms with Gasteiger partial charge in [0.05, 0.1) is 0 Å². The van der Waals surface area contributed by atoms with Gasteiger partial charge in [0.25, 0.3) is 0 Å². The van der Waals surface area contributed by atoms with Crippen LogP contribution in [0.15, 0.2) is 24.3 Å². The standard InChI is InChI=1S/C18H25N3O2/c1-14-5-3-6-16(13-14)19-9-11-20(12-10-19)18(23)17-7-4-8-21(17)15(2)22/h3,5-6,13,17H,4,7-12H2,1-2H3/t17-/m1/s1. The fourth-order valence-electron chi connectivity index (χ4n) is 3.62. The maximum atomic E-state index is 12.7. The number of carbonyl (C=O) groups excluding carboxylic acids is 2. The van der Waals surface area contributed by atoms with E-state index in [1.165, 1.54) is 11.3 Å². The number of hydrogen-bond acceptors (Lipinski definition) is 3. The lowest BCUT2D eigenvalue weighted by Gasteiger charge is -2.38. The normalized spacial score (nSPS) is 21.7. The largest absolute Gasteiger partial charge is 0.368 e. The monoisotopic (exact) mass is 315 g/mol. The first-order valence-corrected chi connectivity index (χ1v) is 8.44. The van der Waals surface area contributed by atoms with Crippen molar-refractivity contribution in [2.24, 2.45) is 0 Å². The quantitative estimate of drug-likeness (QED) is 0.833. The van der Waals surface area contributed by atoms with Crippen LogP contribution >= 0.6 is 0 Å². The van der Waals surface area contributed by atoms with Crippen molar-refractivity contribution in [3.63, 3.8) is 0 Å². The van der Waals surface area contributed by atoms with Crippen LogP contribution in [-0.2, 0) is 9.59 Å². The molecule has 1 atom stereocenters.